The summed E-state index contributed by atoms with van der Waals surface area (Å²) >= 11 is 0. The zero-order valence-electron chi connectivity index (χ0n) is 19.2. The quantitative estimate of drug-likeness (QED) is 0.562. The van der Waals surface area contributed by atoms with Crippen molar-refractivity contribution in [2.24, 2.45) is 5.92 Å². The molecule has 2 heterocycles. The molecule has 3 aromatic rings. The van der Waals surface area contributed by atoms with Crippen LogP contribution >= 0.6 is 0 Å². The Kier molecular flexibility index (Phi) is 6.21. The predicted molar refractivity (Wildman–Crippen MR) is 126 cm³/mol. The molecule has 1 saturated carbocycles. The first-order valence-electron chi connectivity index (χ1n) is 11.9. The van der Waals surface area contributed by atoms with Crippen LogP contribution in [0.1, 0.15) is 65.8 Å². The fraction of sp³-hybridized carbons (Fsp3) is 0.407. The minimum atomic E-state index is -0.641. The van der Waals surface area contributed by atoms with Crippen molar-refractivity contribution in [3.63, 3.8) is 0 Å². The molecule has 178 valence electrons. The van der Waals surface area contributed by atoms with E-state index in [1.54, 1.807) is 23.6 Å². The second-order valence-electron chi connectivity index (χ2n) is 9.34. The molecule has 1 atom stereocenters. The summed E-state index contributed by atoms with van der Waals surface area (Å²) < 4.78 is 35.9. The lowest BCUT2D eigenvalue weighted by molar-refractivity contribution is 0.0681. The summed E-state index contributed by atoms with van der Waals surface area (Å²) in [7, 11) is 0. The number of pyridine rings is 1. The Hall–Kier alpha value is -3.06. The maximum absolute atomic E-state index is 14.9. The van der Waals surface area contributed by atoms with Gasteiger partial charge in [-0.25, -0.2) is 8.78 Å². The van der Waals surface area contributed by atoms with Crippen molar-refractivity contribution in [2.75, 3.05) is 13.2 Å². The number of nitrogens with one attached hydrogen (secondary N) is 1. The molecule has 2 aromatic carbocycles. The Balaban J connectivity index is 1.62. The van der Waals surface area contributed by atoms with Gasteiger partial charge in [0.1, 0.15) is 11.6 Å². The molecule has 0 unspecified atom stereocenters. The molecule has 34 heavy (non-hydrogen) atoms. The third-order valence-electron chi connectivity index (χ3n) is 7.34. The average Bonchev–Trinajstić information content (AvgIpc) is 2.78. The first-order valence-corrected chi connectivity index (χ1v) is 11.9. The monoisotopic (exact) mass is 466 g/mol. The van der Waals surface area contributed by atoms with Crippen LogP contribution in [-0.4, -0.2) is 23.7 Å². The lowest BCUT2D eigenvalue weighted by Gasteiger charge is -2.35. The second kappa shape index (κ2) is 9.29. The number of nitrogens with zero attached hydrogens (tertiary/aromatic N) is 1. The summed E-state index contributed by atoms with van der Waals surface area (Å²) in [4.78, 5) is 27.2. The van der Waals surface area contributed by atoms with E-state index in [0.29, 0.717) is 48.3 Å². The molecule has 1 N–H and O–H groups in total. The first-order chi connectivity index (χ1) is 16.5. The van der Waals surface area contributed by atoms with Gasteiger partial charge in [0, 0.05) is 30.3 Å². The number of aromatic nitrogens is 1. The molecule has 5 nitrogen and oxygen atoms in total. The van der Waals surface area contributed by atoms with Gasteiger partial charge in [-0.05, 0) is 62.3 Å². The Morgan fingerprint density at radius 2 is 1.82 bits per heavy atom. The zero-order chi connectivity index (χ0) is 23.8. The Morgan fingerprint density at radius 3 is 2.50 bits per heavy atom. The van der Waals surface area contributed by atoms with Gasteiger partial charge in [-0.1, -0.05) is 30.7 Å². The van der Waals surface area contributed by atoms with Crippen LogP contribution in [0.3, 0.4) is 0 Å². The van der Waals surface area contributed by atoms with E-state index in [1.807, 2.05) is 6.07 Å². The summed E-state index contributed by atoms with van der Waals surface area (Å²) in [5.41, 5.74) is 1.10. The number of hydrogen-bond acceptors (Lipinski definition) is 3. The van der Waals surface area contributed by atoms with Crippen LogP contribution in [0, 0.1) is 24.5 Å². The third kappa shape index (κ3) is 4.02. The van der Waals surface area contributed by atoms with E-state index < -0.39 is 11.4 Å². The van der Waals surface area contributed by atoms with Crippen LogP contribution in [0.2, 0.25) is 0 Å². The van der Waals surface area contributed by atoms with E-state index in [0.717, 1.165) is 19.3 Å². The summed E-state index contributed by atoms with van der Waals surface area (Å²) in [6.07, 6.45) is 4.19. The molecule has 1 aromatic heterocycles. The van der Waals surface area contributed by atoms with Gasteiger partial charge in [-0.15, -0.1) is 0 Å². The van der Waals surface area contributed by atoms with Crippen molar-refractivity contribution in [1.82, 2.24) is 9.88 Å². The van der Waals surface area contributed by atoms with Crippen LogP contribution in [0.25, 0.3) is 10.8 Å². The molecule has 0 bridgehead atoms. The van der Waals surface area contributed by atoms with Gasteiger partial charge in [0.05, 0.1) is 17.0 Å². The molecule has 7 heteroatoms. The summed E-state index contributed by atoms with van der Waals surface area (Å²) in [5, 5.41) is 3.34. The lowest BCUT2D eigenvalue weighted by Crippen LogP contribution is -2.38. The highest BCUT2D eigenvalue weighted by Gasteiger charge is 2.32. The highest BCUT2D eigenvalue weighted by Crippen LogP contribution is 2.38. The van der Waals surface area contributed by atoms with Gasteiger partial charge in [-0.2, -0.15) is 0 Å². The van der Waals surface area contributed by atoms with Crippen LogP contribution in [-0.2, 0) is 4.74 Å². The van der Waals surface area contributed by atoms with Crippen LogP contribution < -0.4 is 10.9 Å². The Morgan fingerprint density at radius 1 is 1.09 bits per heavy atom. The first kappa shape index (κ1) is 22.7. The maximum Gasteiger partial charge on any atom is 0.261 e. The van der Waals surface area contributed by atoms with Crippen LogP contribution in [0.5, 0.6) is 0 Å². The summed E-state index contributed by atoms with van der Waals surface area (Å²) in [6, 6.07) is 10.2. The van der Waals surface area contributed by atoms with E-state index in [9.17, 15) is 18.4 Å². The van der Waals surface area contributed by atoms with Crippen molar-refractivity contribution in [3.8, 4) is 0 Å². The van der Waals surface area contributed by atoms with Crippen molar-refractivity contribution in [2.45, 2.75) is 51.1 Å². The maximum atomic E-state index is 14.9. The summed E-state index contributed by atoms with van der Waals surface area (Å²) in [6.45, 7) is 2.77. The second-order valence-corrected chi connectivity index (χ2v) is 9.34. The summed E-state index contributed by atoms with van der Waals surface area (Å²) in [5.74, 6) is -1.17. The molecule has 0 spiro atoms. The Labute approximate surface area is 196 Å². The van der Waals surface area contributed by atoms with E-state index in [1.165, 1.54) is 24.3 Å². The highest BCUT2D eigenvalue weighted by atomic mass is 19.1. The minimum absolute atomic E-state index is 0.0734. The standard InChI is InChI=1S/C27H28F2N2O3/c1-16-23(26(32)30-25(17-5-2-6-17)18-7-3-8-19(28)15-18)21-9-4-10-22(29)24(21)27(33)31(16)20-11-13-34-14-12-20/h3-4,7-10,15,17,20,25H,2,5-6,11-14H2,1H3,(H,30,32)/t25-/m0/s1. The highest BCUT2D eigenvalue weighted by molar-refractivity contribution is 6.08. The molecular formula is C27H28F2N2O3. The number of hydrogen-bond donors (Lipinski definition) is 1. The number of ether oxygens (including phenoxy) is 1. The van der Waals surface area contributed by atoms with Crippen molar-refractivity contribution < 1.29 is 18.3 Å². The SMILES string of the molecule is Cc1c(C(=O)N[C@H](c2cccc(F)c2)C2CCC2)c2cccc(F)c2c(=O)n1C1CCOCC1. The third-order valence-corrected chi connectivity index (χ3v) is 7.34. The fourth-order valence-electron chi connectivity index (χ4n) is 5.37. The molecule has 1 saturated heterocycles. The number of carbonyl (C=O) groups excluding carboxylic acids is 1. The molecule has 5 rings (SSSR count). The molecule has 2 aliphatic rings. The zero-order valence-corrected chi connectivity index (χ0v) is 19.2. The smallest absolute Gasteiger partial charge is 0.261 e. The lowest BCUT2D eigenvalue weighted by atomic mass is 9.77. The minimum Gasteiger partial charge on any atom is -0.381 e. The van der Waals surface area contributed by atoms with Crippen LogP contribution in [0.4, 0.5) is 8.78 Å². The van der Waals surface area contributed by atoms with Crippen LogP contribution in [0.15, 0.2) is 47.3 Å². The molecule has 1 aliphatic heterocycles. The normalized spacial score (nSPS) is 18.0. The van der Waals surface area contributed by atoms with Gasteiger partial charge in [-0.3, -0.25) is 9.59 Å². The average molecular weight is 467 g/mol. The van der Waals surface area contributed by atoms with Gasteiger partial charge >= 0.3 is 0 Å². The number of rotatable bonds is 5. The fourth-order valence-corrected chi connectivity index (χ4v) is 5.37. The van der Waals surface area contributed by atoms with E-state index in [-0.39, 0.29) is 35.1 Å². The van der Waals surface area contributed by atoms with E-state index in [2.05, 4.69) is 5.32 Å². The number of benzene rings is 2. The topological polar surface area (TPSA) is 60.3 Å². The molecule has 1 aliphatic carbocycles. The number of fused-ring (bicyclic) bond motifs is 1. The Bertz CT molecular complexity index is 1290. The van der Waals surface area contributed by atoms with E-state index >= 15 is 0 Å². The predicted octanol–water partition coefficient (Wildman–Crippen LogP) is 5.21. The van der Waals surface area contributed by atoms with Gasteiger partial charge < -0.3 is 14.6 Å². The molecule has 0 radical (unpaired) electrons. The molecule has 2 fully saturated rings. The molecular weight excluding hydrogens is 438 g/mol. The van der Waals surface area contributed by atoms with Gasteiger partial charge in [0.2, 0.25) is 0 Å². The number of amides is 1. The van der Waals surface area contributed by atoms with Crippen molar-refractivity contribution >= 4 is 16.7 Å². The largest absolute Gasteiger partial charge is 0.381 e. The van der Waals surface area contributed by atoms with Gasteiger partial charge in [0.15, 0.2) is 0 Å². The van der Waals surface area contributed by atoms with E-state index in [4.69, 9.17) is 4.74 Å². The number of halogens is 2. The van der Waals surface area contributed by atoms with Crippen molar-refractivity contribution in [1.29, 1.82) is 0 Å². The van der Waals surface area contributed by atoms with Gasteiger partial charge in [0.25, 0.3) is 11.5 Å². The number of carbonyl (C=O) groups is 1. The molecule has 1 amide bonds. The van der Waals surface area contributed by atoms with Crippen molar-refractivity contribution in [3.05, 3.63) is 81.3 Å².